The first-order valence-electron chi connectivity index (χ1n) is 4.32. The van der Waals surface area contributed by atoms with E-state index in [-0.39, 0.29) is 12.3 Å². The van der Waals surface area contributed by atoms with Crippen molar-refractivity contribution in [3.05, 3.63) is 11.8 Å². The van der Waals surface area contributed by atoms with E-state index in [0.29, 0.717) is 6.61 Å². The van der Waals surface area contributed by atoms with Gasteiger partial charge in [-0.15, -0.1) is 0 Å². The standard InChI is InChI=1S/C9H10O4/c10-8-4-7(9(11)13-8)6-2-1-3-12-5-6/h5,7H,1-4H2. The molecule has 0 aromatic carbocycles. The lowest BCUT2D eigenvalue weighted by Crippen LogP contribution is -2.14. The molecule has 0 N–H and O–H groups in total. The Morgan fingerprint density at radius 2 is 2.23 bits per heavy atom. The fourth-order valence-corrected chi connectivity index (χ4v) is 1.60. The molecule has 4 nitrogen and oxygen atoms in total. The minimum atomic E-state index is -0.429. The number of hydrogen-bond donors (Lipinski definition) is 0. The molecule has 2 aliphatic heterocycles. The molecule has 2 rings (SSSR count). The fraction of sp³-hybridized carbons (Fsp3) is 0.556. The molecule has 0 radical (unpaired) electrons. The summed E-state index contributed by atoms with van der Waals surface area (Å²) in [5, 5.41) is 0. The van der Waals surface area contributed by atoms with E-state index in [1.165, 1.54) is 0 Å². The van der Waals surface area contributed by atoms with Gasteiger partial charge >= 0.3 is 11.9 Å². The highest BCUT2D eigenvalue weighted by atomic mass is 16.6. The third-order valence-corrected chi connectivity index (χ3v) is 2.28. The van der Waals surface area contributed by atoms with E-state index in [9.17, 15) is 9.59 Å². The predicted molar refractivity (Wildman–Crippen MR) is 42.5 cm³/mol. The number of esters is 2. The second-order valence-corrected chi connectivity index (χ2v) is 3.22. The minimum absolute atomic E-state index is 0.175. The molecule has 1 fully saturated rings. The lowest BCUT2D eigenvalue weighted by molar-refractivity contribution is -0.152. The normalized spacial score (nSPS) is 28.0. The second kappa shape index (κ2) is 3.20. The minimum Gasteiger partial charge on any atom is -0.501 e. The first-order valence-corrected chi connectivity index (χ1v) is 4.32. The summed E-state index contributed by atoms with van der Waals surface area (Å²) in [6, 6.07) is 0. The third kappa shape index (κ3) is 1.56. The van der Waals surface area contributed by atoms with Gasteiger partial charge in [0.05, 0.1) is 25.2 Å². The van der Waals surface area contributed by atoms with Crippen molar-refractivity contribution in [1.29, 1.82) is 0 Å². The monoisotopic (exact) mass is 182 g/mol. The van der Waals surface area contributed by atoms with Crippen LogP contribution in [0.5, 0.6) is 0 Å². The summed E-state index contributed by atoms with van der Waals surface area (Å²) < 4.78 is 9.55. The van der Waals surface area contributed by atoms with Crippen molar-refractivity contribution in [3.63, 3.8) is 0 Å². The van der Waals surface area contributed by atoms with Crippen molar-refractivity contribution < 1.29 is 19.1 Å². The molecule has 0 amide bonds. The number of hydrogen-bond acceptors (Lipinski definition) is 4. The van der Waals surface area contributed by atoms with E-state index in [1.807, 2.05) is 0 Å². The molecule has 1 unspecified atom stereocenters. The van der Waals surface area contributed by atoms with Gasteiger partial charge in [-0.2, -0.15) is 0 Å². The number of carbonyl (C=O) groups excluding carboxylic acids is 2. The summed E-state index contributed by atoms with van der Waals surface area (Å²) in [6.45, 7) is 0.694. The summed E-state index contributed by atoms with van der Waals surface area (Å²) in [5.41, 5.74) is 0.891. The van der Waals surface area contributed by atoms with Crippen molar-refractivity contribution in [1.82, 2.24) is 0 Å². The molecule has 0 saturated carbocycles. The van der Waals surface area contributed by atoms with E-state index >= 15 is 0 Å². The highest BCUT2D eigenvalue weighted by Crippen LogP contribution is 2.28. The van der Waals surface area contributed by atoms with E-state index < -0.39 is 11.9 Å². The third-order valence-electron chi connectivity index (χ3n) is 2.28. The molecule has 0 aromatic rings. The Kier molecular flexibility index (Phi) is 2.04. The maximum atomic E-state index is 11.1. The van der Waals surface area contributed by atoms with Gasteiger partial charge < -0.3 is 9.47 Å². The van der Waals surface area contributed by atoms with E-state index in [0.717, 1.165) is 18.4 Å². The van der Waals surface area contributed by atoms with Gasteiger partial charge in [0.25, 0.3) is 0 Å². The second-order valence-electron chi connectivity index (χ2n) is 3.22. The summed E-state index contributed by atoms with van der Waals surface area (Å²) in [5.74, 6) is -1.24. The summed E-state index contributed by atoms with van der Waals surface area (Å²) >= 11 is 0. The smallest absolute Gasteiger partial charge is 0.321 e. The van der Waals surface area contributed by atoms with Gasteiger partial charge in [0.2, 0.25) is 0 Å². The average Bonchev–Trinajstić information content (AvgIpc) is 2.47. The number of cyclic esters (lactones) is 2. The molecular formula is C9H10O4. The highest BCUT2D eigenvalue weighted by molar-refractivity contribution is 5.96. The molecule has 1 atom stereocenters. The van der Waals surface area contributed by atoms with E-state index in [1.54, 1.807) is 6.26 Å². The zero-order valence-electron chi connectivity index (χ0n) is 7.12. The molecule has 2 aliphatic rings. The predicted octanol–water partition coefficient (Wildman–Crippen LogP) is 0.770. The van der Waals surface area contributed by atoms with Crippen molar-refractivity contribution in [2.45, 2.75) is 19.3 Å². The molecule has 1 saturated heterocycles. The van der Waals surface area contributed by atoms with Crippen LogP contribution in [0.4, 0.5) is 0 Å². The Balaban J connectivity index is 2.11. The van der Waals surface area contributed by atoms with Crippen LogP contribution in [-0.2, 0) is 19.1 Å². The molecule has 0 spiro atoms. The average molecular weight is 182 g/mol. The van der Waals surface area contributed by atoms with Gasteiger partial charge in [-0.25, -0.2) is 0 Å². The van der Waals surface area contributed by atoms with Crippen molar-refractivity contribution in [2.75, 3.05) is 6.61 Å². The van der Waals surface area contributed by atoms with Crippen LogP contribution in [0.2, 0.25) is 0 Å². The van der Waals surface area contributed by atoms with Crippen LogP contribution in [0.1, 0.15) is 19.3 Å². The molecule has 70 valence electrons. The summed E-state index contributed by atoms with van der Waals surface area (Å²) in [7, 11) is 0. The van der Waals surface area contributed by atoms with Gasteiger partial charge in [0.15, 0.2) is 0 Å². The zero-order valence-corrected chi connectivity index (χ0v) is 7.12. The number of carbonyl (C=O) groups is 2. The lowest BCUT2D eigenvalue weighted by Gasteiger charge is -2.15. The van der Waals surface area contributed by atoms with Gasteiger partial charge in [0, 0.05) is 0 Å². The van der Waals surface area contributed by atoms with Crippen LogP contribution < -0.4 is 0 Å². The molecule has 0 bridgehead atoms. The van der Waals surface area contributed by atoms with Crippen molar-refractivity contribution in [3.8, 4) is 0 Å². The molecule has 0 aromatic heterocycles. The molecular weight excluding hydrogens is 172 g/mol. The van der Waals surface area contributed by atoms with Crippen LogP contribution in [0, 0.1) is 5.92 Å². The Hall–Kier alpha value is -1.32. The lowest BCUT2D eigenvalue weighted by atomic mass is 9.94. The maximum absolute atomic E-state index is 11.1. The zero-order chi connectivity index (χ0) is 9.26. The van der Waals surface area contributed by atoms with Crippen molar-refractivity contribution >= 4 is 11.9 Å². The van der Waals surface area contributed by atoms with Crippen LogP contribution in [0.3, 0.4) is 0 Å². The van der Waals surface area contributed by atoms with Crippen LogP contribution in [-0.4, -0.2) is 18.5 Å². The van der Waals surface area contributed by atoms with Gasteiger partial charge in [-0.05, 0) is 18.4 Å². The first-order chi connectivity index (χ1) is 6.27. The molecule has 2 heterocycles. The quantitative estimate of drug-likeness (QED) is 0.444. The maximum Gasteiger partial charge on any atom is 0.321 e. The Labute approximate surface area is 75.5 Å². The fourth-order valence-electron chi connectivity index (χ4n) is 1.60. The Morgan fingerprint density at radius 3 is 2.77 bits per heavy atom. The molecule has 0 aliphatic carbocycles. The number of ether oxygens (including phenoxy) is 2. The topological polar surface area (TPSA) is 52.6 Å². The van der Waals surface area contributed by atoms with Crippen LogP contribution in [0.25, 0.3) is 0 Å². The summed E-state index contributed by atoms with van der Waals surface area (Å²) in [4.78, 5) is 21.9. The van der Waals surface area contributed by atoms with E-state index in [2.05, 4.69) is 4.74 Å². The largest absolute Gasteiger partial charge is 0.501 e. The highest BCUT2D eigenvalue weighted by Gasteiger charge is 2.36. The van der Waals surface area contributed by atoms with Gasteiger partial charge in [-0.3, -0.25) is 9.59 Å². The number of rotatable bonds is 1. The van der Waals surface area contributed by atoms with E-state index in [4.69, 9.17) is 4.74 Å². The van der Waals surface area contributed by atoms with Crippen LogP contribution in [0.15, 0.2) is 11.8 Å². The Bertz CT molecular complexity index is 279. The van der Waals surface area contributed by atoms with Gasteiger partial charge in [0.1, 0.15) is 0 Å². The summed E-state index contributed by atoms with van der Waals surface area (Å²) in [6.07, 6.45) is 3.50. The Morgan fingerprint density at radius 1 is 1.38 bits per heavy atom. The van der Waals surface area contributed by atoms with Gasteiger partial charge in [-0.1, -0.05) is 0 Å². The molecule has 13 heavy (non-hydrogen) atoms. The first kappa shape index (κ1) is 8.29. The molecule has 4 heteroatoms. The van der Waals surface area contributed by atoms with Crippen LogP contribution >= 0.6 is 0 Å². The van der Waals surface area contributed by atoms with Crippen molar-refractivity contribution in [2.24, 2.45) is 5.92 Å². The SMILES string of the molecule is O=C1CC(C2=COCCC2)C(=O)O1.